The van der Waals surface area contributed by atoms with E-state index in [4.69, 9.17) is 9.57 Å². The molecule has 5 heteroatoms. The van der Waals surface area contributed by atoms with Gasteiger partial charge in [-0.15, -0.1) is 0 Å². The van der Waals surface area contributed by atoms with Gasteiger partial charge in [0, 0.05) is 12.0 Å². The summed E-state index contributed by atoms with van der Waals surface area (Å²) in [7, 11) is 1.29. The Balaban J connectivity index is 1.71. The van der Waals surface area contributed by atoms with Gasteiger partial charge in [-0.05, 0) is 28.5 Å². The molecule has 5 nitrogen and oxygen atoms in total. The number of carbonyl (C=O) groups is 2. The highest BCUT2D eigenvalue weighted by molar-refractivity contribution is 5.93. The van der Waals surface area contributed by atoms with Crippen molar-refractivity contribution in [3.8, 4) is 0 Å². The second-order valence-corrected chi connectivity index (χ2v) is 5.81. The van der Waals surface area contributed by atoms with Crippen molar-refractivity contribution >= 4 is 22.6 Å². The number of hydroxylamine groups is 1. The van der Waals surface area contributed by atoms with Crippen LogP contribution in [0, 0.1) is 0 Å². The molecule has 0 spiro atoms. The number of hydrogen-bond acceptors (Lipinski definition) is 4. The molecule has 3 aromatic rings. The van der Waals surface area contributed by atoms with Gasteiger partial charge in [-0.25, -0.2) is 10.3 Å². The van der Waals surface area contributed by atoms with Gasteiger partial charge in [-0.1, -0.05) is 60.7 Å². The van der Waals surface area contributed by atoms with Crippen LogP contribution in [0.3, 0.4) is 0 Å². The number of hydrogen-bond donors (Lipinski definition) is 1. The number of rotatable bonds is 6. The Hall–Kier alpha value is -3.18. The SMILES string of the molecule is COC(=O)[C@H](Cc1ccc2ccccc2c1)ONC(=O)c1ccccc1. The Morgan fingerprint density at radius 3 is 2.35 bits per heavy atom. The number of nitrogens with one attached hydrogen (secondary N) is 1. The zero-order valence-electron chi connectivity index (χ0n) is 14.3. The Labute approximate surface area is 151 Å². The molecule has 1 atom stereocenters. The van der Waals surface area contributed by atoms with Crippen LogP contribution in [0.1, 0.15) is 15.9 Å². The lowest BCUT2D eigenvalue weighted by atomic mass is 10.0. The summed E-state index contributed by atoms with van der Waals surface area (Å²) in [6, 6.07) is 22.5. The van der Waals surface area contributed by atoms with E-state index in [0.29, 0.717) is 5.56 Å². The molecule has 0 saturated heterocycles. The number of ether oxygens (including phenoxy) is 1. The van der Waals surface area contributed by atoms with Crippen molar-refractivity contribution in [2.24, 2.45) is 0 Å². The second kappa shape index (κ2) is 8.27. The monoisotopic (exact) mass is 349 g/mol. The number of methoxy groups -OCH3 is 1. The van der Waals surface area contributed by atoms with Crippen LogP contribution in [0.2, 0.25) is 0 Å². The van der Waals surface area contributed by atoms with Crippen molar-refractivity contribution in [2.75, 3.05) is 7.11 Å². The summed E-state index contributed by atoms with van der Waals surface area (Å²) in [5, 5.41) is 2.19. The molecule has 1 amide bonds. The summed E-state index contributed by atoms with van der Waals surface area (Å²) >= 11 is 0. The minimum atomic E-state index is -0.936. The van der Waals surface area contributed by atoms with Crippen LogP contribution in [0.15, 0.2) is 72.8 Å². The quantitative estimate of drug-likeness (QED) is 0.548. The lowest BCUT2D eigenvalue weighted by molar-refractivity contribution is -0.157. The third kappa shape index (κ3) is 4.26. The first-order valence-electron chi connectivity index (χ1n) is 8.24. The van der Waals surface area contributed by atoms with Crippen molar-refractivity contribution in [1.82, 2.24) is 5.48 Å². The molecule has 0 fully saturated rings. The fourth-order valence-corrected chi connectivity index (χ4v) is 2.66. The summed E-state index contributed by atoms with van der Waals surface area (Å²) in [4.78, 5) is 29.5. The van der Waals surface area contributed by atoms with Crippen molar-refractivity contribution in [2.45, 2.75) is 12.5 Å². The molecule has 0 aliphatic carbocycles. The normalized spacial score (nSPS) is 11.7. The van der Waals surface area contributed by atoms with E-state index in [-0.39, 0.29) is 6.42 Å². The molecular formula is C21H19NO4. The molecular weight excluding hydrogens is 330 g/mol. The maximum Gasteiger partial charge on any atom is 0.338 e. The van der Waals surface area contributed by atoms with E-state index >= 15 is 0 Å². The molecule has 0 saturated carbocycles. The van der Waals surface area contributed by atoms with Crippen LogP contribution >= 0.6 is 0 Å². The van der Waals surface area contributed by atoms with E-state index in [9.17, 15) is 9.59 Å². The van der Waals surface area contributed by atoms with Gasteiger partial charge in [0.25, 0.3) is 5.91 Å². The molecule has 132 valence electrons. The lowest BCUT2D eigenvalue weighted by Crippen LogP contribution is -2.36. The van der Waals surface area contributed by atoms with Crippen LogP contribution < -0.4 is 5.48 Å². The Morgan fingerprint density at radius 2 is 1.62 bits per heavy atom. The third-order valence-electron chi connectivity index (χ3n) is 4.03. The van der Waals surface area contributed by atoms with Gasteiger partial charge in [-0.2, -0.15) is 0 Å². The average Bonchev–Trinajstić information content (AvgIpc) is 2.70. The van der Waals surface area contributed by atoms with Crippen LogP contribution in [-0.4, -0.2) is 25.1 Å². The molecule has 1 N–H and O–H groups in total. The molecule has 0 unspecified atom stereocenters. The molecule has 0 bridgehead atoms. The zero-order chi connectivity index (χ0) is 18.4. The number of benzene rings is 3. The van der Waals surface area contributed by atoms with Gasteiger partial charge in [0.1, 0.15) is 0 Å². The van der Waals surface area contributed by atoms with E-state index in [0.717, 1.165) is 16.3 Å². The topological polar surface area (TPSA) is 64.6 Å². The second-order valence-electron chi connectivity index (χ2n) is 5.81. The predicted molar refractivity (Wildman–Crippen MR) is 98.4 cm³/mol. The van der Waals surface area contributed by atoms with E-state index < -0.39 is 18.0 Å². The highest BCUT2D eigenvalue weighted by Gasteiger charge is 2.22. The first-order valence-corrected chi connectivity index (χ1v) is 8.24. The molecule has 0 radical (unpaired) electrons. The highest BCUT2D eigenvalue weighted by Crippen LogP contribution is 2.17. The molecule has 3 rings (SSSR count). The molecule has 3 aromatic carbocycles. The summed E-state index contributed by atoms with van der Waals surface area (Å²) in [6.45, 7) is 0. The van der Waals surface area contributed by atoms with Crippen molar-refractivity contribution in [3.63, 3.8) is 0 Å². The molecule has 0 aliphatic heterocycles. The lowest BCUT2D eigenvalue weighted by Gasteiger charge is -2.16. The third-order valence-corrected chi connectivity index (χ3v) is 4.03. The number of amides is 1. The van der Waals surface area contributed by atoms with Crippen LogP contribution in [0.25, 0.3) is 10.8 Å². The maximum atomic E-state index is 12.1. The van der Waals surface area contributed by atoms with E-state index in [1.165, 1.54) is 7.11 Å². The van der Waals surface area contributed by atoms with Crippen LogP contribution in [0.5, 0.6) is 0 Å². The maximum absolute atomic E-state index is 12.1. The van der Waals surface area contributed by atoms with E-state index in [1.807, 2.05) is 48.5 Å². The average molecular weight is 349 g/mol. The molecule has 0 aliphatic rings. The van der Waals surface area contributed by atoms with Gasteiger partial charge in [0.05, 0.1) is 7.11 Å². The fraction of sp³-hybridized carbons (Fsp3) is 0.143. The zero-order valence-corrected chi connectivity index (χ0v) is 14.3. The summed E-state index contributed by atoms with van der Waals surface area (Å²) in [5.41, 5.74) is 3.69. The van der Waals surface area contributed by atoms with Gasteiger partial charge in [0.15, 0.2) is 6.10 Å². The Morgan fingerprint density at radius 1 is 0.923 bits per heavy atom. The van der Waals surface area contributed by atoms with Crippen molar-refractivity contribution < 1.29 is 19.2 Å². The molecule has 0 heterocycles. The molecule has 26 heavy (non-hydrogen) atoms. The minimum absolute atomic E-state index is 0.284. The predicted octanol–water partition coefficient (Wildman–Crippen LogP) is 3.29. The van der Waals surface area contributed by atoms with Crippen LogP contribution in [-0.2, 0) is 20.8 Å². The standard InChI is InChI=1S/C21H19NO4/c1-25-21(24)19(26-22-20(23)17-8-3-2-4-9-17)14-15-11-12-16-7-5-6-10-18(16)13-15/h2-13,19H,14H2,1H3,(H,22,23)/t19-/m0/s1. The van der Waals surface area contributed by atoms with E-state index in [1.54, 1.807) is 24.3 Å². The van der Waals surface area contributed by atoms with Gasteiger partial charge >= 0.3 is 5.97 Å². The number of esters is 1. The van der Waals surface area contributed by atoms with Crippen molar-refractivity contribution in [1.29, 1.82) is 0 Å². The van der Waals surface area contributed by atoms with Crippen molar-refractivity contribution in [3.05, 3.63) is 83.9 Å². The Bertz CT molecular complexity index is 908. The summed E-state index contributed by atoms with van der Waals surface area (Å²) < 4.78 is 4.79. The first kappa shape index (κ1) is 17.6. The minimum Gasteiger partial charge on any atom is -0.467 e. The van der Waals surface area contributed by atoms with Gasteiger partial charge < -0.3 is 4.74 Å². The van der Waals surface area contributed by atoms with E-state index in [2.05, 4.69) is 5.48 Å². The van der Waals surface area contributed by atoms with Gasteiger partial charge in [0.2, 0.25) is 0 Å². The summed E-state index contributed by atoms with van der Waals surface area (Å²) in [6.07, 6.45) is -0.652. The smallest absolute Gasteiger partial charge is 0.338 e. The van der Waals surface area contributed by atoms with Crippen LogP contribution in [0.4, 0.5) is 0 Å². The Kier molecular flexibility index (Phi) is 5.61. The fourth-order valence-electron chi connectivity index (χ4n) is 2.66. The molecule has 0 aromatic heterocycles. The van der Waals surface area contributed by atoms with Gasteiger partial charge in [-0.3, -0.25) is 9.63 Å². The summed E-state index contributed by atoms with van der Waals surface area (Å²) in [5.74, 6) is -0.968. The number of fused-ring (bicyclic) bond motifs is 1. The first-order chi connectivity index (χ1) is 12.7. The number of carbonyl (C=O) groups excluding carboxylic acids is 2. The largest absolute Gasteiger partial charge is 0.467 e. The highest BCUT2D eigenvalue weighted by atomic mass is 16.7.